The minimum Gasteiger partial charge on any atom is -0.354 e. The van der Waals surface area contributed by atoms with Gasteiger partial charge in [-0.15, -0.1) is 0 Å². The topological polar surface area (TPSA) is 42.2 Å². The number of pyridine rings is 1. The molecular weight excluding hydrogens is 217 g/mol. The Morgan fingerprint density at radius 2 is 2.29 bits per heavy atom. The van der Waals surface area contributed by atoms with Crippen molar-refractivity contribution in [3.63, 3.8) is 0 Å². The third-order valence-corrected chi connectivity index (χ3v) is 3.49. The average molecular weight is 237 g/mol. The second kappa shape index (κ2) is 5.45. The Labute approximate surface area is 102 Å². The van der Waals surface area contributed by atoms with Crippen molar-refractivity contribution in [2.75, 3.05) is 18.0 Å². The van der Waals surface area contributed by atoms with E-state index in [4.69, 9.17) is 5.73 Å². The van der Waals surface area contributed by atoms with Gasteiger partial charge in [0.05, 0.1) is 0 Å². The minimum atomic E-state index is -0.246. The fourth-order valence-corrected chi connectivity index (χ4v) is 2.32. The first-order valence-electron chi connectivity index (χ1n) is 6.30. The summed E-state index contributed by atoms with van der Waals surface area (Å²) in [6, 6.07) is 1.65. The van der Waals surface area contributed by atoms with Gasteiger partial charge in [-0.25, -0.2) is 9.37 Å². The Kier molecular flexibility index (Phi) is 3.94. The van der Waals surface area contributed by atoms with Gasteiger partial charge in [-0.2, -0.15) is 0 Å². The zero-order valence-electron chi connectivity index (χ0n) is 10.3. The third kappa shape index (κ3) is 2.75. The molecule has 0 bridgehead atoms. The lowest BCUT2D eigenvalue weighted by Gasteiger charge is -2.22. The molecule has 0 aromatic carbocycles. The second-order valence-corrected chi connectivity index (χ2v) is 4.83. The molecule has 1 aliphatic rings. The normalized spacial score (nSPS) is 21.4. The molecule has 0 aliphatic carbocycles. The summed E-state index contributed by atoms with van der Waals surface area (Å²) >= 11 is 0. The molecule has 1 saturated heterocycles. The van der Waals surface area contributed by atoms with Gasteiger partial charge >= 0.3 is 0 Å². The van der Waals surface area contributed by atoms with Crippen molar-refractivity contribution in [3.05, 3.63) is 23.6 Å². The predicted molar refractivity (Wildman–Crippen MR) is 67.3 cm³/mol. The molecule has 2 rings (SSSR count). The molecule has 3 nitrogen and oxygen atoms in total. The molecule has 4 heteroatoms. The molecule has 1 fully saturated rings. The van der Waals surface area contributed by atoms with Gasteiger partial charge in [-0.05, 0) is 31.2 Å². The fourth-order valence-electron chi connectivity index (χ4n) is 2.32. The van der Waals surface area contributed by atoms with Crippen molar-refractivity contribution in [2.45, 2.75) is 32.7 Å². The Morgan fingerprint density at radius 3 is 3.06 bits per heavy atom. The van der Waals surface area contributed by atoms with Gasteiger partial charge in [-0.1, -0.05) is 6.92 Å². The van der Waals surface area contributed by atoms with Crippen LogP contribution in [0.2, 0.25) is 0 Å². The Bertz CT molecular complexity index is 381. The molecular formula is C13H20FN3. The molecule has 2 N–H and O–H groups in total. The van der Waals surface area contributed by atoms with Crippen LogP contribution in [0.1, 0.15) is 31.7 Å². The van der Waals surface area contributed by atoms with E-state index in [1.54, 1.807) is 12.3 Å². The minimum absolute atomic E-state index is 0.228. The van der Waals surface area contributed by atoms with E-state index in [1.165, 1.54) is 6.42 Å². The summed E-state index contributed by atoms with van der Waals surface area (Å²) in [6.45, 7) is 4.26. The quantitative estimate of drug-likeness (QED) is 0.858. The molecule has 1 unspecified atom stereocenters. The zero-order chi connectivity index (χ0) is 12.3. The van der Waals surface area contributed by atoms with Gasteiger partial charge in [0.25, 0.3) is 0 Å². The van der Waals surface area contributed by atoms with Gasteiger partial charge in [0.15, 0.2) is 11.6 Å². The predicted octanol–water partition coefficient (Wildman–Crippen LogP) is 2.31. The smallest absolute Gasteiger partial charge is 0.170 e. The number of aromatic nitrogens is 1. The van der Waals surface area contributed by atoms with E-state index >= 15 is 0 Å². The Hall–Kier alpha value is -1.16. The van der Waals surface area contributed by atoms with Crippen LogP contribution >= 0.6 is 0 Å². The van der Waals surface area contributed by atoms with Crippen LogP contribution < -0.4 is 10.6 Å². The molecule has 94 valence electrons. The van der Waals surface area contributed by atoms with Crippen LogP contribution in [0.25, 0.3) is 0 Å². The first-order chi connectivity index (χ1) is 8.22. The number of hydrogen-bond donors (Lipinski definition) is 1. The van der Waals surface area contributed by atoms with Gasteiger partial charge in [-0.3, -0.25) is 0 Å². The summed E-state index contributed by atoms with van der Waals surface area (Å²) in [5.74, 6) is 0.951. The maximum absolute atomic E-state index is 14.1. The van der Waals surface area contributed by atoms with E-state index in [1.807, 2.05) is 0 Å². The summed E-state index contributed by atoms with van der Waals surface area (Å²) in [5.41, 5.74) is 6.06. The Morgan fingerprint density at radius 1 is 1.47 bits per heavy atom. The van der Waals surface area contributed by atoms with E-state index in [2.05, 4.69) is 16.8 Å². The van der Waals surface area contributed by atoms with Crippen LogP contribution in [0, 0.1) is 11.7 Å². The van der Waals surface area contributed by atoms with Crippen LogP contribution in [0.15, 0.2) is 12.3 Å². The van der Waals surface area contributed by atoms with E-state index in [0.29, 0.717) is 11.4 Å². The molecule has 0 spiro atoms. The molecule has 1 atom stereocenters. The number of rotatable bonds is 2. The number of nitrogens with two attached hydrogens (primary N) is 1. The van der Waals surface area contributed by atoms with Crippen molar-refractivity contribution >= 4 is 5.82 Å². The lowest BCUT2D eigenvalue weighted by Crippen LogP contribution is -2.26. The first kappa shape index (κ1) is 12.3. The lowest BCUT2D eigenvalue weighted by atomic mass is 10.0. The van der Waals surface area contributed by atoms with E-state index in [9.17, 15) is 4.39 Å². The molecule has 1 aromatic heterocycles. The fraction of sp³-hybridized carbons (Fsp3) is 0.615. The first-order valence-corrected chi connectivity index (χ1v) is 6.30. The van der Waals surface area contributed by atoms with Crippen molar-refractivity contribution in [3.8, 4) is 0 Å². The SMILES string of the molecule is CC1CCCN(c2nccc(CN)c2F)CC1. The summed E-state index contributed by atoms with van der Waals surface area (Å²) in [7, 11) is 0. The van der Waals surface area contributed by atoms with E-state index < -0.39 is 0 Å². The third-order valence-electron chi connectivity index (χ3n) is 3.49. The summed E-state index contributed by atoms with van der Waals surface area (Å²) in [4.78, 5) is 6.23. The van der Waals surface area contributed by atoms with E-state index in [-0.39, 0.29) is 12.4 Å². The second-order valence-electron chi connectivity index (χ2n) is 4.83. The highest BCUT2D eigenvalue weighted by atomic mass is 19.1. The molecule has 0 radical (unpaired) electrons. The molecule has 1 aromatic rings. The van der Waals surface area contributed by atoms with Crippen LogP contribution in [-0.2, 0) is 6.54 Å². The average Bonchev–Trinajstić information content (AvgIpc) is 2.54. The highest BCUT2D eigenvalue weighted by Crippen LogP contribution is 2.24. The van der Waals surface area contributed by atoms with Crippen LogP contribution in [0.5, 0.6) is 0 Å². The monoisotopic (exact) mass is 237 g/mol. The summed E-state index contributed by atoms with van der Waals surface area (Å²) in [5, 5.41) is 0. The molecule has 0 amide bonds. The largest absolute Gasteiger partial charge is 0.354 e. The van der Waals surface area contributed by atoms with Crippen LogP contribution in [0.3, 0.4) is 0 Å². The molecule has 2 heterocycles. The molecule has 0 saturated carbocycles. The molecule has 1 aliphatic heterocycles. The zero-order valence-corrected chi connectivity index (χ0v) is 10.3. The molecule has 17 heavy (non-hydrogen) atoms. The van der Waals surface area contributed by atoms with Crippen molar-refractivity contribution in [1.82, 2.24) is 4.98 Å². The number of anilines is 1. The summed E-state index contributed by atoms with van der Waals surface area (Å²) in [6.07, 6.45) is 5.08. The maximum Gasteiger partial charge on any atom is 0.170 e. The standard InChI is InChI=1S/C13H20FN3/c1-10-3-2-7-17(8-5-10)13-12(14)11(9-15)4-6-16-13/h4,6,10H,2-3,5,7-9,15H2,1H3. The highest BCUT2D eigenvalue weighted by Gasteiger charge is 2.19. The van der Waals surface area contributed by atoms with Gasteiger partial charge in [0.2, 0.25) is 0 Å². The number of hydrogen-bond acceptors (Lipinski definition) is 3. The van der Waals surface area contributed by atoms with Crippen molar-refractivity contribution < 1.29 is 4.39 Å². The van der Waals surface area contributed by atoms with E-state index in [0.717, 1.165) is 31.8 Å². The van der Waals surface area contributed by atoms with Crippen molar-refractivity contribution in [2.24, 2.45) is 11.7 Å². The highest BCUT2D eigenvalue weighted by molar-refractivity contribution is 5.43. The van der Waals surface area contributed by atoms with Gasteiger partial charge in [0, 0.05) is 31.4 Å². The van der Waals surface area contributed by atoms with Gasteiger partial charge in [0.1, 0.15) is 0 Å². The summed E-state index contributed by atoms with van der Waals surface area (Å²) < 4.78 is 14.1. The van der Waals surface area contributed by atoms with Crippen LogP contribution in [0.4, 0.5) is 10.2 Å². The lowest BCUT2D eigenvalue weighted by molar-refractivity contribution is 0.520. The van der Waals surface area contributed by atoms with Crippen LogP contribution in [-0.4, -0.2) is 18.1 Å². The maximum atomic E-state index is 14.1. The van der Waals surface area contributed by atoms with Crippen molar-refractivity contribution in [1.29, 1.82) is 0 Å². The Balaban J connectivity index is 2.21. The number of halogens is 1. The number of nitrogens with zero attached hydrogens (tertiary/aromatic N) is 2. The van der Waals surface area contributed by atoms with Gasteiger partial charge < -0.3 is 10.6 Å².